The highest BCUT2D eigenvalue weighted by Crippen LogP contribution is 2.27. The van der Waals surface area contributed by atoms with Crippen LogP contribution >= 0.6 is 0 Å². The number of nitriles is 1. The standard InChI is InChI=1S/C21H20FNO4/c1-2-3-14-12-25-21(26-13-14)16-6-4-15(5-7-16)20(24)27-18-9-8-17(11-23)19(22)10-18/h4-10,14,21H,2-3,12-13H2,1H3. The fourth-order valence-corrected chi connectivity index (χ4v) is 2.90. The molecule has 1 aliphatic heterocycles. The second kappa shape index (κ2) is 8.76. The van der Waals surface area contributed by atoms with Gasteiger partial charge in [-0.25, -0.2) is 9.18 Å². The zero-order valence-electron chi connectivity index (χ0n) is 15.0. The Balaban J connectivity index is 1.61. The summed E-state index contributed by atoms with van der Waals surface area (Å²) < 4.78 is 30.3. The first-order valence-corrected chi connectivity index (χ1v) is 8.85. The van der Waals surface area contributed by atoms with Crippen LogP contribution in [0.1, 0.15) is 47.5 Å². The van der Waals surface area contributed by atoms with Gasteiger partial charge in [0.2, 0.25) is 0 Å². The largest absolute Gasteiger partial charge is 0.423 e. The fourth-order valence-electron chi connectivity index (χ4n) is 2.90. The highest BCUT2D eigenvalue weighted by atomic mass is 19.1. The highest BCUT2D eigenvalue weighted by molar-refractivity contribution is 5.91. The number of carbonyl (C=O) groups excluding carboxylic acids is 1. The Hall–Kier alpha value is -2.75. The van der Waals surface area contributed by atoms with Crippen LogP contribution in [0, 0.1) is 23.1 Å². The minimum atomic E-state index is -0.730. The molecule has 0 amide bonds. The molecule has 0 spiro atoms. The Morgan fingerprint density at radius 3 is 2.52 bits per heavy atom. The third-order valence-corrected chi connectivity index (χ3v) is 4.35. The molecule has 5 nitrogen and oxygen atoms in total. The molecule has 3 rings (SSSR count). The first kappa shape index (κ1) is 19.0. The maximum Gasteiger partial charge on any atom is 0.343 e. The maximum absolute atomic E-state index is 13.6. The van der Waals surface area contributed by atoms with E-state index in [1.807, 2.05) is 0 Å². The predicted molar refractivity (Wildman–Crippen MR) is 95.6 cm³/mol. The Bertz CT molecular complexity index is 836. The summed E-state index contributed by atoms with van der Waals surface area (Å²) >= 11 is 0. The Kier molecular flexibility index (Phi) is 6.17. The van der Waals surface area contributed by atoms with Crippen molar-refractivity contribution in [3.05, 3.63) is 65.0 Å². The molecule has 0 atom stereocenters. The van der Waals surface area contributed by atoms with Crippen LogP contribution in [0.4, 0.5) is 4.39 Å². The summed E-state index contributed by atoms with van der Waals surface area (Å²) in [6.07, 6.45) is 1.74. The van der Waals surface area contributed by atoms with Gasteiger partial charge >= 0.3 is 5.97 Å². The van der Waals surface area contributed by atoms with E-state index in [9.17, 15) is 9.18 Å². The van der Waals surface area contributed by atoms with Crippen molar-refractivity contribution < 1.29 is 23.4 Å². The summed E-state index contributed by atoms with van der Waals surface area (Å²) in [4.78, 5) is 12.2. The first-order valence-electron chi connectivity index (χ1n) is 8.85. The molecule has 1 heterocycles. The Morgan fingerprint density at radius 1 is 1.22 bits per heavy atom. The number of hydrogen-bond donors (Lipinski definition) is 0. The van der Waals surface area contributed by atoms with Crippen LogP contribution in [0.5, 0.6) is 5.75 Å². The van der Waals surface area contributed by atoms with Gasteiger partial charge in [-0.3, -0.25) is 0 Å². The number of benzene rings is 2. The van der Waals surface area contributed by atoms with Crippen LogP contribution in [0.3, 0.4) is 0 Å². The van der Waals surface area contributed by atoms with E-state index in [0.29, 0.717) is 24.7 Å². The van der Waals surface area contributed by atoms with E-state index in [2.05, 4.69) is 6.92 Å². The molecule has 1 aliphatic rings. The molecular weight excluding hydrogens is 349 g/mol. The van der Waals surface area contributed by atoms with Gasteiger partial charge in [0.1, 0.15) is 17.6 Å². The van der Waals surface area contributed by atoms with Crippen LogP contribution in [0.15, 0.2) is 42.5 Å². The average molecular weight is 369 g/mol. The SMILES string of the molecule is CCCC1COC(c2ccc(C(=O)Oc3ccc(C#N)c(F)c3)cc2)OC1. The van der Waals surface area contributed by atoms with Crippen molar-refractivity contribution in [3.63, 3.8) is 0 Å². The van der Waals surface area contributed by atoms with Gasteiger partial charge in [0.25, 0.3) is 0 Å². The zero-order valence-corrected chi connectivity index (χ0v) is 15.0. The van der Waals surface area contributed by atoms with Gasteiger partial charge in [-0.15, -0.1) is 0 Å². The van der Waals surface area contributed by atoms with Crippen molar-refractivity contribution in [3.8, 4) is 11.8 Å². The second-order valence-electron chi connectivity index (χ2n) is 6.42. The monoisotopic (exact) mass is 369 g/mol. The lowest BCUT2D eigenvalue weighted by molar-refractivity contribution is -0.206. The highest BCUT2D eigenvalue weighted by Gasteiger charge is 2.23. The van der Waals surface area contributed by atoms with Crippen molar-refractivity contribution in [1.82, 2.24) is 0 Å². The lowest BCUT2D eigenvalue weighted by Gasteiger charge is -2.29. The first-order chi connectivity index (χ1) is 13.1. The lowest BCUT2D eigenvalue weighted by Crippen LogP contribution is -2.27. The van der Waals surface area contributed by atoms with E-state index in [1.54, 1.807) is 30.3 Å². The van der Waals surface area contributed by atoms with Gasteiger partial charge < -0.3 is 14.2 Å². The molecule has 1 fully saturated rings. The number of nitrogens with zero attached hydrogens (tertiary/aromatic N) is 1. The molecule has 0 N–H and O–H groups in total. The van der Waals surface area contributed by atoms with Gasteiger partial charge in [0.15, 0.2) is 6.29 Å². The maximum atomic E-state index is 13.6. The van der Waals surface area contributed by atoms with Gasteiger partial charge in [0.05, 0.1) is 24.3 Å². The molecule has 2 aromatic carbocycles. The summed E-state index contributed by atoms with van der Waals surface area (Å²) in [7, 11) is 0. The molecule has 1 saturated heterocycles. The number of esters is 1. The third kappa shape index (κ3) is 4.70. The van der Waals surface area contributed by atoms with E-state index in [-0.39, 0.29) is 11.3 Å². The average Bonchev–Trinajstić information content (AvgIpc) is 2.69. The quantitative estimate of drug-likeness (QED) is 0.578. The summed E-state index contributed by atoms with van der Waals surface area (Å²) in [6.45, 7) is 3.45. The molecule has 2 aromatic rings. The molecule has 0 aliphatic carbocycles. The predicted octanol–water partition coefficient (Wildman–Crippen LogP) is 4.38. The van der Waals surface area contributed by atoms with Crippen LogP contribution in [0.25, 0.3) is 0 Å². The number of halogens is 1. The van der Waals surface area contributed by atoms with E-state index in [1.165, 1.54) is 12.1 Å². The van der Waals surface area contributed by atoms with Gasteiger partial charge in [0, 0.05) is 17.5 Å². The molecule has 0 radical (unpaired) electrons. The topological polar surface area (TPSA) is 68.5 Å². The number of hydrogen-bond acceptors (Lipinski definition) is 5. The van der Waals surface area contributed by atoms with Crippen molar-refractivity contribution in [2.75, 3.05) is 13.2 Å². The summed E-state index contributed by atoms with van der Waals surface area (Å²) in [5.74, 6) is -0.875. The minimum absolute atomic E-state index is 0.0430. The van der Waals surface area contributed by atoms with Crippen molar-refractivity contribution in [2.45, 2.75) is 26.1 Å². The Labute approximate surface area is 157 Å². The Morgan fingerprint density at radius 2 is 1.93 bits per heavy atom. The van der Waals surface area contributed by atoms with Gasteiger partial charge in [-0.2, -0.15) is 5.26 Å². The van der Waals surface area contributed by atoms with Crippen LogP contribution in [-0.2, 0) is 9.47 Å². The number of carbonyl (C=O) groups is 1. The molecule has 140 valence electrons. The zero-order chi connectivity index (χ0) is 19.2. The summed E-state index contributed by atoms with van der Waals surface area (Å²) in [6, 6.07) is 12.1. The molecule has 6 heteroatoms. The van der Waals surface area contributed by atoms with Crippen molar-refractivity contribution in [2.24, 2.45) is 5.92 Å². The number of rotatable bonds is 5. The molecule has 0 bridgehead atoms. The lowest BCUT2D eigenvalue weighted by atomic mass is 10.0. The third-order valence-electron chi connectivity index (χ3n) is 4.35. The van der Waals surface area contributed by atoms with Gasteiger partial charge in [-0.05, 0) is 30.7 Å². The fraction of sp³-hybridized carbons (Fsp3) is 0.333. The molecule has 0 aromatic heterocycles. The normalized spacial score (nSPS) is 19.3. The van der Waals surface area contributed by atoms with E-state index < -0.39 is 18.1 Å². The smallest absolute Gasteiger partial charge is 0.343 e. The van der Waals surface area contributed by atoms with Gasteiger partial charge in [-0.1, -0.05) is 25.5 Å². The van der Waals surface area contributed by atoms with E-state index in [4.69, 9.17) is 19.5 Å². The van der Waals surface area contributed by atoms with Crippen LogP contribution in [0.2, 0.25) is 0 Å². The van der Waals surface area contributed by atoms with Crippen molar-refractivity contribution in [1.29, 1.82) is 5.26 Å². The minimum Gasteiger partial charge on any atom is -0.423 e. The summed E-state index contributed by atoms with van der Waals surface area (Å²) in [5.41, 5.74) is 1.04. The molecule has 27 heavy (non-hydrogen) atoms. The van der Waals surface area contributed by atoms with Crippen molar-refractivity contribution >= 4 is 5.97 Å². The summed E-state index contributed by atoms with van der Waals surface area (Å²) in [5, 5.41) is 8.73. The molecular formula is C21H20FNO4. The van der Waals surface area contributed by atoms with Crippen LogP contribution < -0.4 is 4.74 Å². The number of ether oxygens (including phenoxy) is 3. The van der Waals surface area contributed by atoms with E-state index >= 15 is 0 Å². The molecule has 0 saturated carbocycles. The molecule has 0 unspecified atom stereocenters. The van der Waals surface area contributed by atoms with E-state index in [0.717, 1.165) is 24.5 Å². The second-order valence-corrected chi connectivity index (χ2v) is 6.42. The van der Waals surface area contributed by atoms with Crippen LogP contribution in [-0.4, -0.2) is 19.2 Å².